The van der Waals surface area contributed by atoms with Gasteiger partial charge in [-0.15, -0.1) is 10.2 Å². The molecule has 0 unspecified atom stereocenters. The van der Waals surface area contributed by atoms with Crippen molar-refractivity contribution in [1.82, 2.24) is 10.2 Å². The molecule has 168 valence electrons. The van der Waals surface area contributed by atoms with Gasteiger partial charge in [0.05, 0.1) is 0 Å². The van der Waals surface area contributed by atoms with E-state index in [9.17, 15) is 9.18 Å². The number of para-hydroxylation sites is 1. The van der Waals surface area contributed by atoms with Gasteiger partial charge in [-0.1, -0.05) is 60.2 Å². The average molecular weight is 464 g/mol. The van der Waals surface area contributed by atoms with Crippen LogP contribution < -0.4 is 10.1 Å². The Labute approximate surface area is 195 Å². The molecular formula is C25H22FN3O3S. The van der Waals surface area contributed by atoms with Crippen molar-refractivity contribution in [3.8, 4) is 5.75 Å². The summed E-state index contributed by atoms with van der Waals surface area (Å²) in [4.78, 5) is 13.1. The molecule has 0 aliphatic carbocycles. The third-order valence-corrected chi connectivity index (χ3v) is 5.88. The number of rotatable bonds is 8. The van der Waals surface area contributed by atoms with Crippen LogP contribution in [-0.2, 0) is 4.79 Å². The fraction of sp³-hybridized carbons (Fsp3) is 0.160. The summed E-state index contributed by atoms with van der Waals surface area (Å²) in [5.74, 6) is -0.413. The van der Waals surface area contributed by atoms with E-state index in [0.29, 0.717) is 5.69 Å². The van der Waals surface area contributed by atoms with E-state index < -0.39 is 17.2 Å². The molecule has 4 aromatic rings. The zero-order valence-electron chi connectivity index (χ0n) is 18.1. The van der Waals surface area contributed by atoms with Gasteiger partial charge in [0.25, 0.3) is 11.1 Å². The number of halogens is 1. The maximum absolute atomic E-state index is 13.9. The summed E-state index contributed by atoms with van der Waals surface area (Å²) in [5, 5.41) is 10.6. The number of carbonyl (C=O) groups is 1. The van der Waals surface area contributed by atoms with Crippen molar-refractivity contribution in [2.75, 3.05) is 5.32 Å². The van der Waals surface area contributed by atoms with E-state index in [0.717, 1.165) is 22.9 Å². The number of amides is 1. The zero-order chi connectivity index (χ0) is 23.2. The average Bonchev–Trinajstić information content (AvgIpc) is 3.30. The first-order chi connectivity index (χ1) is 16.0. The van der Waals surface area contributed by atoms with E-state index in [1.807, 2.05) is 61.5 Å². The number of thioether (sulfide) groups is 1. The largest absolute Gasteiger partial charge is 0.478 e. The molecule has 0 saturated heterocycles. The monoisotopic (exact) mass is 463 g/mol. The summed E-state index contributed by atoms with van der Waals surface area (Å²) in [6.07, 6.45) is -0.666. The number of anilines is 1. The van der Waals surface area contributed by atoms with Crippen molar-refractivity contribution < 1.29 is 18.3 Å². The van der Waals surface area contributed by atoms with Gasteiger partial charge in [0.15, 0.2) is 17.7 Å². The van der Waals surface area contributed by atoms with Gasteiger partial charge in [-0.3, -0.25) is 4.79 Å². The molecule has 0 saturated carbocycles. The SMILES string of the molecule is Cc1ccc(NC(=O)[C@H](Sc2nnc([C@H](C)Oc3ccccc3F)o2)c2ccccc2)cc1. The van der Waals surface area contributed by atoms with Crippen LogP contribution in [0.15, 0.2) is 88.5 Å². The minimum atomic E-state index is -0.666. The standard InChI is InChI=1S/C25H22FN3O3S/c1-16-12-14-19(15-13-16)27-23(30)22(18-8-4-3-5-9-18)33-25-29-28-24(32-25)17(2)31-21-11-7-6-10-20(21)26/h3-15,17,22H,1-2H3,(H,27,30)/t17-,22+/m0/s1. The maximum Gasteiger partial charge on any atom is 0.277 e. The van der Waals surface area contributed by atoms with Crippen molar-refractivity contribution in [2.45, 2.75) is 30.4 Å². The Hall–Kier alpha value is -3.65. The Kier molecular flexibility index (Phi) is 7.04. The highest BCUT2D eigenvalue weighted by atomic mass is 32.2. The fourth-order valence-electron chi connectivity index (χ4n) is 3.06. The molecule has 1 amide bonds. The minimum absolute atomic E-state index is 0.0945. The minimum Gasteiger partial charge on any atom is -0.478 e. The van der Waals surface area contributed by atoms with Gasteiger partial charge in [0.2, 0.25) is 5.91 Å². The number of ether oxygens (including phenoxy) is 1. The van der Waals surface area contributed by atoms with E-state index in [4.69, 9.17) is 9.15 Å². The zero-order valence-corrected chi connectivity index (χ0v) is 18.9. The second kappa shape index (κ2) is 10.3. The van der Waals surface area contributed by atoms with Crippen LogP contribution in [0, 0.1) is 12.7 Å². The lowest BCUT2D eigenvalue weighted by Crippen LogP contribution is -2.19. The summed E-state index contributed by atoms with van der Waals surface area (Å²) in [6.45, 7) is 3.67. The van der Waals surface area contributed by atoms with Crippen LogP contribution in [0.1, 0.15) is 35.3 Å². The molecule has 8 heteroatoms. The lowest BCUT2D eigenvalue weighted by molar-refractivity contribution is -0.115. The van der Waals surface area contributed by atoms with Crippen molar-refractivity contribution in [2.24, 2.45) is 0 Å². The van der Waals surface area contributed by atoms with Crippen molar-refractivity contribution in [1.29, 1.82) is 0 Å². The number of aryl methyl sites for hydroxylation is 1. The summed E-state index contributed by atoms with van der Waals surface area (Å²) < 4.78 is 25.2. The number of benzene rings is 3. The van der Waals surface area contributed by atoms with Crippen molar-refractivity contribution >= 4 is 23.4 Å². The topological polar surface area (TPSA) is 77.2 Å². The van der Waals surface area contributed by atoms with Crippen LogP contribution in [0.4, 0.5) is 10.1 Å². The van der Waals surface area contributed by atoms with Crippen LogP contribution in [0.5, 0.6) is 5.75 Å². The van der Waals surface area contributed by atoms with Gasteiger partial charge in [-0.2, -0.15) is 0 Å². The van der Waals surface area contributed by atoms with Crippen LogP contribution in [0.25, 0.3) is 0 Å². The quantitative estimate of drug-likeness (QED) is 0.317. The first-order valence-electron chi connectivity index (χ1n) is 10.3. The van der Waals surface area contributed by atoms with Crippen molar-refractivity contribution in [3.63, 3.8) is 0 Å². The Morgan fingerprint density at radius 2 is 1.70 bits per heavy atom. The smallest absolute Gasteiger partial charge is 0.277 e. The fourth-order valence-corrected chi connectivity index (χ4v) is 3.94. The molecule has 1 aromatic heterocycles. The molecule has 0 aliphatic heterocycles. The van der Waals surface area contributed by atoms with Crippen LogP contribution in [0.3, 0.4) is 0 Å². The Bertz CT molecular complexity index is 1220. The normalized spacial score (nSPS) is 12.7. The summed E-state index contributed by atoms with van der Waals surface area (Å²) in [7, 11) is 0. The third-order valence-electron chi connectivity index (χ3n) is 4.79. The molecule has 0 fully saturated rings. The Morgan fingerprint density at radius 3 is 2.42 bits per heavy atom. The molecule has 4 rings (SSSR count). The van der Waals surface area contributed by atoms with Gasteiger partial charge in [-0.25, -0.2) is 4.39 Å². The van der Waals surface area contributed by atoms with Crippen LogP contribution in [0.2, 0.25) is 0 Å². The molecule has 0 spiro atoms. The summed E-state index contributed by atoms with van der Waals surface area (Å²) >= 11 is 1.14. The maximum atomic E-state index is 13.9. The molecule has 0 bridgehead atoms. The lowest BCUT2D eigenvalue weighted by atomic mass is 10.1. The number of nitrogens with one attached hydrogen (secondary N) is 1. The van der Waals surface area contributed by atoms with Gasteiger partial charge < -0.3 is 14.5 Å². The number of aromatic nitrogens is 2. The van der Waals surface area contributed by atoms with Gasteiger partial charge in [0, 0.05) is 5.69 Å². The third kappa shape index (κ3) is 5.78. The molecule has 2 atom stereocenters. The van der Waals surface area contributed by atoms with E-state index in [1.54, 1.807) is 19.1 Å². The molecule has 6 nitrogen and oxygen atoms in total. The molecule has 33 heavy (non-hydrogen) atoms. The van der Waals surface area contributed by atoms with Gasteiger partial charge >= 0.3 is 0 Å². The van der Waals surface area contributed by atoms with Gasteiger partial charge in [-0.05, 0) is 55.4 Å². The highest BCUT2D eigenvalue weighted by molar-refractivity contribution is 8.00. The molecule has 0 aliphatic rings. The Morgan fingerprint density at radius 1 is 1.00 bits per heavy atom. The molecule has 3 aromatic carbocycles. The molecule has 1 N–H and O–H groups in total. The van der Waals surface area contributed by atoms with Crippen molar-refractivity contribution in [3.05, 3.63) is 102 Å². The highest BCUT2D eigenvalue weighted by Gasteiger charge is 2.26. The predicted octanol–water partition coefficient (Wildman–Crippen LogP) is 6.13. The first kappa shape index (κ1) is 22.5. The molecule has 0 radical (unpaired) electrons. The number of hydrogen-bond donors (Lipinski definition) is 1. The van der Waals surface area contributed by atoms with E-state index in [1.165, 1.54) is 12.1 Å². The lowest BCUT2D eigenvalue weighted by Gasteiger charge is -2.15. The van der Waals surface area contributed by atoms with Gasteiger partial charge in [0.1, 0.15) is 5.25 Å². The second-order valence-electron chi connectivity index (χ2n) is 7.36. The predicted molar refractivity (Wildman–Crippen MR) is 125 cm³/mol. The number of carbonyl (C=O) groups excluding carboxylic acids is 1. The highest BCUT2D eigenvalue weighted by Crippen LogP contribution is 2.36. The summed E-state index contributed by atoms with van der Waals surface area (Å²) in [6, 6.07) is 23.0. The number of hydrogen-bond acceptors (Lipinski definition) is 6. The van der Waals surface area contributed by atoms with E-state index in [2.05, 4.69) is 15.5 Å². The first-order valence-corrected chi connectivity index (χ1v) is 11.2. The van der Waals surface area contributed by atoms with Crippen LogP contribution >= 0.6 is 11.8 Å². The van der Waals surface area contributed by atoms with E-state index >= 15 is 0 Å². The Balaban J connectivity index is 1.51. The molecule has 1 heterocycles. The number of nitrogens with zero attached hydrogens (tertiary/aromatic N) is 2. The van der Waals surface area contributed by atoms with E-state index in [-0.39, 0.29) is 22.8 Å². The van der Waals surface area contributed by atoms with Crippen LogP contribution in [-0.4, -0.2) is 16.1 Å². The molecular weight excluding hydrogens is 441 g/mol. The summed E-state index contributed by atoms with van der Waals surface area (Å²) in [5.41, 5.74) is 2.60. The second-order valence-corrected chi connectivity index (χ2v) is 8.42.